The molecule has 1 amide bonds. The zero-order valence-corrected chi connectivity index (χ0v) is 15.3. The van der Waals surface area contributed by atoms with Crippen LogP contribution < -0.4 is 0 Å². The number of fused-ring (bicyclic) bond motifs is 1. The van der Waals surface area contributed by atoms with Crippen molar-refractivity contribution in [1.82, 2.24) is 9.47 Å². The van der Waals surface area contributed by atoms with Gasteiger partial charge in [0.05, 0.1) is 17.6 Å². The molecule has 1 aromatic heterocycles. The van der Waals surface area contributed by atoms with Crippen LogP contribution in [-0.2, 0) is 10.3 Å². The number of hydrogen-bond acceptors (Lipinski definition) is 2. The minimum absolute atomic E-state index is 0.0286. The lowest BCUT2D eigenvalue weighted by Gasteiger charge is -2.48. The highest BCUT2D eigenvalue weighted by Crippen LogP contribution is 2.42. The maximum absolute atomic E-state index is 13.2. The Kier molecular flexibility index (Phi) is 4.65. The smallest absolute Gasteiger partial charge is 0.224 e. The molecule has 138 valence electrons. The van der Waals surface area contributed by atoms with Crippen LogP contribution in [0.15, 0.2) is 24.5 Å². The van der Waals surface area contributed by atoms with Gasteiger partial charge in [0.15, 0.2) is 0 Å². The lowest BCUT2D eigenvalue weighted by Crippen LogP contribution is -2.55. The summed E-state index contributed by atoms with van der Waals surface area (Å²) in [6, 6.07) is 4.15. The molecule has 0 radical (unpaired) electrons. The fourth-order valence-corrected chi connectivity index (χ4v) is 5.58. The van der Waals surface area contributed by atoms with Crippen molar-refractivity contribution in [3.8, 4) is 0 Å². The number of piperidine rings is 1. The van der Waals surface area contributed by atoms with Gasteiger partial charge in [-0.2, -0.15) is 0 Å². The molecule has 0 unspecified atom stereocenters. The molecule has 0 bridgehead atoms. The number of aromatic nitrogens is 1. The SMILES string of the molecule is O=C(CC1(n2cccc2)CCCCC1)N1CC[C@]2(O)CCCC[C@@H]2C1. The van der Waals surface area contributed by atoms with Crippen LogP contribution in [-0.4, -0.2) is 39.2 Å². The monoisotopic (exact) mass is 344 g/mol. The van der Waals surface area contributed by atoms with Crippen LogP contribution in [0.25, 0.3) is 0 Å². The summed E-state index contributed by atoms with van der Waals surface area (Å²) in [6.45, 7) is 1.49. The first-order valence-corrected chi connectivity index (χ1v) is 10.3. The van der Waals surface area contributed by atoms with Crippen LogP contribution in [0, 0.1) is 5.92 Å². The average molecular weight is 344 g/mol. The normalized spacial score (nSPS) is 32.2. The minimum Gasteiger partial charge on any atom is -0.389 e. The van der Waals surface area contributed by atoms with E-state index in [0.29, 0.717) is 12.3 Å². The Bertz CT molecular complexity index is 591. The number of hydrogen-bond donors (Lipinski definition) is 1. The van der Waals surface area contributed by atoms with Gasteiger partial charge < -0.3 is 14.6 Å². The van der Waals surface area contributed by atoms with Crippen molar-refractivity contribution in [2.75, 3.05) is 13.1 Å². The largest absolute Gasteiger partial charge is 0.389 e. The third-order valence-corrected chi connectivity index (χ3v) is 7.20. The van der Waals surface area contributed by atoms with E-state index in [1.54, 1.807) is 0 Å². The molecule has 0 aromatic carbocycles. The van der Waals surface area contributed by atoms with Crippen LogP contribution in [0.2, 0.25) is 0 Å². The molecule has 2 aliphatic carbocycles. The zero-order valence-electron chi connectivity index (χ0n) is 15.3. The summed E-state index contributed by atoms with van der Waals surface area (Å²) in [5.74, 6) is 0.580. The van der Waals surface area contributed by atoms with E-state index in [0.717, 1.165) is 51.6 Å². The summed E-state index contributed by atoms with van der Waals surface area (Å²) in [5.41, 5.74) is -0.531. The first-order chi connectivity index (χ1) is 12.1. The van der Waals surface area contributed by atoms with E-state index in [-0.39, 0.29) is 11.5 Å². The molecule has 0 spiro atoms. The fraction of sp³-hybridized carbons (Fsp3) is 0.762. The molecular weight excluding hydrogens is 312 g/mol. The second-order valence-electron chi connectivity index (χ2n) is 8.69. The van der Waals surface area contributed by atoms with Crippen LogP contribution in [0.4, 0.5) is 0 Å². The van der Waals surface area contributed by atoms with Crippen molar-refractivity contribution >= 4 is 5.91 Å². The van der Waals surface area contributed by atoms with Crippen molar-refractivity contribution in [1.29, 1.82) is 0 Å². The molecule has 2 saturated carbocycles. The van der Waals surface area contributed by atoms with Crippen LogP contribution in [0.5, 0.6) is 0 Å². The predicted octanol–water partition coefficient (Wildman–Crippen LogP) is 3.69. The number of carbonyl (C=O) groups is 1. The Morgan fingerprint density at radius 3 is 2.48 bits per heavy atom. The van der Waals surface area contributed by atoms with Gasteiger partial charge in [-0.3, -0.25) is 4.79 Å². The third kappa shape index (κ3) is 3.25. The summed E-state index contributed by atoms with van der Waals surface area (Å²) in [6.07, 6.45) is 15.9. The summed E-state index contributed by atoms with van der Waals surface area (Å²) >= 11 is 0. The van der Waals surface area contributed by atoms with Gasteiger partial charge in [0.1, 0.15) is 0 Å². The summed E-state index contributed by atoms with van der Waals surface area (Å²) in [4.78, 5) is 15.2. The van der Waals surface area contributed by atoms with Gasteiger partial charge in [0.25, 0.3) is 0 Å². The van der Waals surface area contributed by atoms with Crippen LogP contribution in [0.3, 0.4) is 0 Å². The average Bonchev–Trinajstić information content (AvgIpc) is 3.17. The molecule has 4 rings (SSSR count). The molecule has 1 N–H and O–H groups in total. The fourth-order valence-electron chi connectivity index (χ4n) is 5.58. The highest BCUT2D eigenvalue weighted by atomic mass is 16.3. The molecule has 2 atom stereocenters. The maximum atomic E-state index is 13.2. The van der Waals surface area contributed by atoms with Gasteiger partial charge in [0.2, 0.25) is 5.91 Å². The molecule has 4 heteroatoms. The van der Waals surface area contributed by atoms with Gasteiger partial charge in [-0.05, 0) is 44.2 Å². The van der Waals surface area contributed by atoms with Crippen molar-refractivity contribution in [3.05, 3.63) is 24.5 Å². The number of likely N-dealkylation sites (tertiary alicyclic amines) is 1. The summed E-state index contributed by atoms with van der Waals surface area (Å²) in [5, 5.41) is 10.9. The molecule has 1 aromatic rings. The topological polar surface area (TPSA) is 45.5 Å². The molecule has 1 aliphatic heterocycles. The van der Waals surface area contributed by atoms with Gasteiger partial charge >= 0.3 is 0 Å². The Balaban J connectivity index is 1.47. The third-order valence-electron chi connectivity index (χ3n) is 7.20. The van der Waals surface area contributed by atoms with Crippen LogP contribution >= 0.6 is 0 Å². The Morgan fingerprint density at radius 2 is 1.72 bits per heavy atom. The van der Waals surface area contributed by atoms with E-state index in [2.05, 4.69) is 34.0 Å². The Hall–Kier alpha value is -1.29. The van der Waals surface area contributed by atoms with Crippen molar-refractivity contribution in [2.45, 2.75) is 81.8 Å². The second kappa shape index (κ2) is 6.79. The van der Waals surface area contributed by atoms with Crippen LogP contribution in [0.1, 0.15) is 70.6 Å². The van der Waals surface area contributed by atoms with E-state index in [4.69, 9.17) is 0 Å². The molecule has 25 heavy (non-hydrogen) atoms. The molecule has 2 heterocycles. The zero-order chi connectivity index (χ0) is 17.3. The lowest BCUT2D eigenvalue weighted by atomic mass is 9.71. The first-order valence-electron chi connectivity index (χ1n) is 10.3. The molecule has 1 saturated heterocycles. The lowest BCUT2D eigenvalue weighted by molar-refractivity contribution is -0.145. The van der Waals surface area contributed by atoms with Gasteiger partial charge in [0, 0.05) is 31.4 Å². The molecule has 4 nitrogen and oxygen atoms in total. The Morgan fingerprint density at radius 1 is 1.00 bits per heavy atom. The van der Waals surface area contributed by atoms with E-state index >= 15 is 0 Å². The van der Waals surface area contributed by atoms with E-state index < -0.39 is 5.60 Å². The summed E-state index contributed by atoms with van der Waals surface area (Å²) < 4.78 is 2.30. The highest BCUT2D eigenvalue weighted by molar-refractivity contribution is 5.77. The Labute approximate surface area is 151 Å². The number of carbonyl (C=O) groups excluding carboxylic acids is 1. The van der Waals surface area contributed by atoms with E-state index in [1.807, 2.05) is 0 Å². The number of nitrogens with zero attached hydrogens (tertiary/aromatic N) is 2. The van der Waals surface area contributed by atoms with Crippen molar-refractivity contribution < 1.29 is 9.90 Å². The minimum atomic E-state index is -0.502. The summed E-state index contributed by atoms with van der Waals surface area (Å²) in [7, 11) is 0. The van der Waals surface area contributed by atoms with E-state index in [9.17, 15) is 9.90 Å². The van der Waals surface area contributed by atoms with Gasteiger partial charge in [-0.15, -0.1) is 0 Å². The second-order valence-corrected chi connectivity index (χ2v) is 8.69. The van der Waals surface area contributed by atoms with Gasteiger partial charge in [-0.25, -0.2) is 0 Å². The molecule has 3 aliphatic rings. The highest BCUT2D eigenvalue weighted by Gasteiger charge is 2.45. The first kappa shape index (κ1) is 17.1. The standard InChI is InChI=1S/C21H32N2O2/c24-19(22-15-12-21(25)11-5-2-8-18(21)17-22)16-20(9-3-1-4-10-20)23-13-6-7-14-23/h6-7,13-14,18,25H,1-5,8-12,15-17H2/t18-,21-/m1/s1. The predicted molar refractivity (Wildman–Crippen MR) is 98.2 cm³/mol. The van der Waals surface area contributed by atoms with Crippen molar-refractivity contribution in [2.24, 2.45) is 5.92 Å². The number of amides is 1. The number of aliphatic hydroxyl groups is 1. The van der Waals surface area contributed by atoms with Crippen molar-refractivity contribution in [3.63, 3.8) is 0 Å². The van der Waals surface area contributed by atoms with E-state index in [1.165, 1.54) is 25.7 Å². The quantitative estimate of drug-likeness (QED) is 0.909. The van der Waals surface area contributed by atoms with Gasteiger partial charge in [-0.1, -0.05) is 32.1 Å². The number of rotatable bonds is 3. The molecule has 3 fully saturated rings. The maximum Gasteiger partial charge on any atom is 0.224 e. The molecular formula is C21H32N2O2.